The Morgan fingerprint density at radius 1 is 0.230 bits per heavy atom. The second kappa shape index (κ2) is 35.9. The number of nitrogens with zero attached hydrogens (tertiary/aromatic N) is 8. The van der Waals surface area contributed by atoms with E-state index in [1.807, 2.05) is 60.9 Å². The van der Waals surface area contributed by atoms with Gasteiger partial charge < -0.3 is 39.5 Å². The maximum Gasteiger partial charge on any atom is 0.0344 e. The molecule has 0 saturated heterocycles. The summed E-state index contributed by atoms with van der Waals surface area (Å²) in [5.41, 5.74) is 36.0. The molecule has 6 heterocycles. The summed E-state index contributed by atoms with van der Waals surface area (Å²) in [6.45, 7) is 4.31. The van der Waals surface area contributed by atoms with Crippen LogP contribution in [0, 0.1) is 55.9 Å². The Morgan fingerprint density at radius 3 is 1.00 bits per heavy atom. The van der Waals surface area contributed by atoms with Gasteiger partial charge in [0.15, 0.2) is 0 Å². The van der Waals surface area contributed by atoms with Gasteiger partial charge in [0.05, 0.1) is 0 Å². The summed E-state index contributed by atoms with van der Waals surface area (Å²) in [7, 11) is 0. The quantitative estimate of drug-likeness (QED) is 0.0836. The smallest absolute Gasteiger partial charge is 0.0344 e. The van der Waals surface area contributed by atoms with Crippen LogP contribution < -0.4 is 19.6 Å². The van der Waals surface area contributed by atoms with Gasteiger partial charge in [0, 0.05) is 80.5 Å². The number of anilines is 8. The largest absolute Gasteiger partial charge is 0.493 e. The van der Waals surface area contributed by atoms with E-state index >= 15 is 0 Å². The SMILES string of the molecule is [Ir].[Ir].[c-]1cc(-c2ccccc2-c2cccc(-c3ccccc3-c3c[c-]c(N4[CH-]N(c5ccccc5)c5ccccc54)cc3)c2)ccc1N1[CH-]N(c2ccccc2)c2ccccc21.[c-]1ncccc1-c1[c-]cc(-c2ccccc2-c2cc(-c3ccccc3-c3c[c-]c(-c4ccccn4)cc3)cc(-c3ccccc3-c3c[c-]c(-c4[c-]cccn4)nc3)c2)cc1. The second-order valence-electron chi connectivity index (χ2n) is 29.2. The molecule has 4 aromatic heterocycles. The Morgan fingerprint density at radius 2 is 0.607 bits per heavy atom. The maximum absolute atomic E-state index is 4.77. The van der Waals surface area contributed by atoms with Crippen molar-refractivity contribution in [2.24, 2.45) is 0 Å². The van der Waals surface area contributed by atoms with E-state index in [0.717, 1.165) is 157 Å². The van der Waals surface area contributed by atoms with Crippen LogP contribution >= 0.6 is 0 Å². The van der Waals surface area contributed by atoms with Crippen molar-refractivity contribution < 1.29 is 40.2 Å². The molecule has 0 amide bonds. The van der Waals surface area contributed by atoms with E-state index < -0.39 is 0 Å². The van der Waals surface area contributed by atoms with Crippen LogP contribution in [0.2, 0.25) is 0 Å². The van der Waals surface area contributed by atoms with Gasteiger partial charge >= 0.3 is 0 Å². The first kappa shape index (κ1) is 78.6. The molecular formula is C112H71Ir2N8-9. The predicted molar refractivity (Wildman–Crippen MR) is 490 cm³/mol. The summed E-state index contributed by atoms with van der Waals surface area (Å²) in [4.78, 5) is 26.8. The summed E-state index contributed by atoms with van der Waals surface area (Å²) in [6, 6.07) is 159. The molecular weight excluding hydrogens is 1840 g/mol. The number of para-hydroxylation sites is 6. The van der Waals surface area contributed by atoms with Gasteiger partial charge in [-0.1, -0.05) is 264 Å². The van der Waals surface area contributed by atoms with Crippen molar-refractivity contribution in [1.29, 1.82) is 0 Å². The third-order valence-electron chi connectivity index (χ3n) is 22.0. The Labute approximate surface area is 739 Å². The molecule has 15 aromatic carbocycles. The molecule has 2 radical (unpaired) electrons. The maximum atomic E-state index is 4.77. The first-order valence-electron chi connectivity index (χ1n) is 39.9. The molecule has 0 unspecified atom stereocenters. The van der Waals surface area contributed by atoms with Crippen LogP contribution in [0.25, 0.3) is 145 Å². The normalized spacial score (nSPS) is 11.8. The van der Waals surface area contributed by atoms with Crippen LogP contribution in [-0.4, -0.2) is 19.9 Å². The molecule has 0 saturated carbocycles. The molecule has 0 atom stereocenters. The van der Waals surface area contributed by atoms with E-state index in [2.05, 4.69) is 436 Å². The standard InChI is InChI=1S/C56H38N4.C56H33N4.2Ir/c1-3-18-45(19-4-1)57-39-59(55-28-13-11-26-53(55)57)47-34-30-41(31-35-47)49-22-7-9-24-51(49)43-16-15-17-44(38-43)52-25-10-8-23-50(52)42-32-36-48(37-33-42)60-40-58(46-20-5-2-6-21-46)54-27-12-14-29-56(54)60;1-4-16-51(48(13-1)40-23-21-39(22-24-40)43-12-11-31-57-37-43)45-34-46(52-17-5-2-14-49(52)41-25-27-42(28-26-41)54-19-7-9-32-58-54)36-47(35-45)53-18-6-3-15-50(53)44-29-30-56(60-38-44)55-20-8-10-33-59-55;;/h1-34,36,38-40H;1-19,21,23-27,29,31-36,38H;;/q-4;-5;;. The van der Waals surface area contributed by atoms with E-state index in [-0.39, 0.29) is 40.2 Å². The number of aromatic nitrogens is 4. The van der Waals surface area contributed by atoms with Crippen LogP contribution in [0.15, 0.2) is 419 Å². The molecule has 10 heteroatoms. The number of benzene rings is 15. The van der Waals surface area contributed by atoms with Gasteiger partial charge in [0.1, 0.15) is 0 Å². The van der Waals surface area contributed by atoms with Crippen molar-refractivity contribution in [3.8, 4) is 145 Å². The molecule has 8 nitrogen and oxygen atoms in total. The zero-order valence-corrected chi connectivity index (χ0v) is 70.5. The average molecular weight is 1910 g/mol. The third kappa shape index (κ3) is 16.2. The Bertz CT molecular complexity index is 6280. The number of fused-ring (bicyclic) bond motifs is 2. The fourth-order valence-corrected chi connectivity index (χ4v) is 16.1. The van der Waals surface area contributed by atoms with Crippen molar-refractivity contribution in [3.63, 3.8) is 0 Å². The summed E-state index contributed by atoms with van der Waals surface area (Å²) in [6.07, 6.45) is 10.3. The van der Waals surface area contributed by atoms with E-state index in [1.54, 1.807) is 12.4 Å². The van der Waals surface area contributed by atoms with Gasteiger partial charge in [-0.15, -0.1) is 119 Å². The number of rotatable bonds is 17. The molecule has 0 aliphatic carbocycles. The molecule has 19 aromatic rings. The molecule has 0 bridgehead atoms. The van der Waals surface area contributed by atoms with E-state index in [1.165, 1.54) is 22.3 Å². The summed E-state index contributed by atoms with van der Waals surface area (Å²) in [5, 5.41) is 0. The zero-order valence-electron chi connectivity index (χ0n) is 65.7. The molecule has 0 fully saturated rings. The zero-order chi connectivity index (χ0) is 79.9. The van der Waals surface area contributed by atoms with Crippen LogP contribution in [-0.2, 0) is 40.2 Å². The summed E-state index contributed by atoms with van der Waals surface area (Å²) >= 11 is 0. The Kier molecular flexibility index (Phi) is 23.1. The van der Waals surface area contributed by atoms with Crippen LogP contribution in [0.1, 0.15) is 0 Å². The molecule has 122 heavy (non-hydrogen) atoms. The van der Waals surface area contributed by atoms with E-state index in [4.69, 9.17) is 4.98 Å². The van der Waals surface area contributed by atoms with Gasteiger partial charge in [0.2, 0.25) is 0 Å². The molecule has 2 aliphatic heterocycles. The molecule has 586 valence electrons. The molecule has 0 N–H and O–H groups in total. The van der Waals surface area contributed by atoms with Gasteiger partial charge in [-0.3, -0.25) is 0 Å². The third-order valence-corrected chi connectivity index (χ3v) is 22.0. The summed E-state index contributed by atoms with van der Waals surface area (Å²) in [5.74, 6) is 0. The number of pyridine rings is 4. The topological polar surface area (TPSA) is 64.5 Å². The minimum Gasteiger partial charge on any atom is -0.493 e. The number of hydrogen-bond donors (Lipinski definition) is 0. The fourth-order valence-electron chi connectivity index (χ4n) is 16.1. The van der Waals surface area contributed by atoms with Crippen LogP contribution in [0.3, 0.4) is 0 Å². The Balaban J connectivity index is 0.000000164. The fraction of sp³-hybridized carbons (Fsp3) is 0. The minimum atomic E-state index is 0. The van der Waals surface area contributed by atoms with Gasteiger partial charge in [-0.25, -0.2) is 23.3 Å². The van der Waals surface area contributed by atoms with E-state index in [9.17, 15) is 0 Å². The van der Waals surface area contributed by atoms with Gasteiger partial charge in [-0.2, -0.15) is 66.7 Å². The summed E-state index contributed by atoms with van der Waals surface area (Å²) < 4.78 is 0. The van der Waals surface area contributed by atoms with Crippen molar-refractivity contribution in [1.82, 2.24) is 19.9 Å². The van der Waals surface area contributed by atoms with Crippen LogP contribution in [0.4, 0.5) is 45.5 Å². The monoisotopic (exact) mass is 1910 g/mol. The number of hydrogen-bond acceptors (Lipinski definition) is 8. The average Bonchev–Trinajstić information content (AvgIpc) is 1.15. The molecule has 21 rings (SSSR count). The van der Waals surface area contributed by atoms with Crippen molar-refractivity contribution in [2.75, 3.05) is 19.6 Å². The van der Waals surface area contributed by atoms with Crippen molar-refractivity contribution >= 4 is 45.5 Å². The van der Waals surface area contributed by atoms with Gasteiger partial charge in [-0.05, 0) is 153 Å². The van der Waals surface area contributed by atoms with Crippen LogP contribution in [0.5, 0.6) is 0 Å². The van der Waals surface area contributed by atoms with Crippen molar-refractivity contribution in [2.45, 2.75) is 0 Å². The molecule has 0 spiro atoms. The Hall–Kier alpha value is -14.6. The molecule has 2 aliphatic rings. The predicted octanol–water partition coefficient (Wildman–Crippen LogP) is 28.0. The minimum absolute atomic E-state index is 0. The first-order valence-corrected chi connectivity index (χ1v) is 39.9. The van der Waals surface area contributed by atoms with Gasteiger partial charge in [0.25, 0.3) is 0 Å². The first-order chi connectivity index (χ1) is 59.5. The van der Waals surface area contributed by atoms with E-state index in [0.29, 0.717) is 11.4 Å². The second-order valence-corrected chi connectivity index (χ2v) is 29.2. The van der Waals surface area contributed by atoms with Crippen molar-refractivity contribution in [3.05, 3.63) is 475 Å².